The molecule has 0 heterocycles. The van der Waals surface area contributed by atoms with E-state index in [0.29, 0.717) is 16.1 Å². The van der Waals surface area contributed by atoms with E-state index < -0.39 is 10.0 Å². The molecule has 0 fully saturated rings. The van der Waals surface area contributed by atoms with E-state index >= 15 is 0 Å². The summed E-state index contributed by atoms with van der Waals surface area (Å²) in [5, 5.41) is 0. The predicted octanol–water partition coefficient (Wildman–Crippen LogP) is 3.13. The van der Waals surface area contributed by atoms with Crippen molar-refractivity contribution < 1.29 is 8.42 Å². The molecule has 0 spiro atoms. The fraction of sp³-hybridized carbons (Fsp3) is 0.538. The molecule has 108 valence electrons. The molecule has 1 rings (SSSR count). The molecule has 0 aromatic heterocycles. The van der Waals surface area contributed by atoms with Gasteiger partial charge in [-0.25, -0.2) is 13.1 Å². The molecule has 2 unspecified atom stereocenters. The molecule has 6 heteroatoms. The molecule has 0 amide bonds. The number of hydrogen-bond acceptors (Lipinski definition) is 3. The standard InChI is InChI=1S/C13H21BrN2O2S/c1-4-9(2)7-10(3)16-19(17,18)13-8-11(15)5-6-12(13)14/h5-6,8-10,16H,4,7,15H2,1-3H3. The summed E-state index contributed by atoms with van der Waals surface area (Å²) < 4.78 is 27.8. The van der Waals surface area contributed by atoms with E-state index in [0.717, 1.165) is 12.8 Å². The van der Waals surface area contributed by atoms with E-state index in [-0.39, 0.29) is 10.9 Å². The molecule has 0 aliphatic heterocycles. The maximum Gasteiger partial charge on any atom is 0.242 e. The Morgan fingerprint density at radius 1 is 1.37 bits per heavy atom. The monoisotopic (exact) mass is 348 g/mol. The molecule has 0 saturated carbocycles. The maximum atomic E-state index is 12.3. The second-order valence-corrected chi connectivity index (χ2v) is 7.50. The Kier molecular flexibility index (Phi) is 5.82. The zero-order valence-corrected chi connectivity index (χ0v) is 13.9. The molecule has 4 nitrogen and oxygen atoms in total. The lowest BCUT2D eigenvalue weighted by atomic mass is 10.0. The molecule has 0 saturated heterocycles. The first-order valence-electron chi connectivity index (χ1n) is 6.33. The lowest BCUT2D eigenvalue weighted by molar-refractivity contribution is 0.445. The first kappa shape index (κ1) is 16.5. The van der Waals surface area contributed by atoms with E-state index in [2.05, 4.69) is 34.5 Å². The van der Waals surface area contributed by atoms with Gasteiger partial charge in [0.05, 0.1) is 4.90 Å². The fourth-order valence-electron chi connectivity index (χ4n) is 1.87. The van der Waals surface area contributed by atoms with Gasteiger partial charge in [0.25, 0.3) is 0 Å². The largest absolute Gasteiger partial charge is 0.399 e. The van der Waals surface area contributed by atoms with Gasteiger partial charge in [0.15, 0.2) is 0 Å². The molecular weight excluding hydrogens is 328 g/mol. The summed E-state index contributed by atoms with van der Waals surface area (Å²) in [6, 6.07) is 4.66. The van der Waals surface area contributed by atoms with Crippen LogP contribution >= 0.6 is 15.9 Å². The van der Waals surface area contributed by atoms with Crippen molar-refractivity contribution >= 4 is 31.6 Å². The Bertz CT molecular complexity index is 531. The topological polar surface area (TPSA) is 72.2 Å². The van der Waals surface area contributed by atoms with Gasteiger partial charge in [-0.05, 0) is 53.4 Å². The van der Waals surface area contributed by atoms with Crippen LogP contribution in [0.2, 0.25) is 0 Å². The minimum atomic E-state index is -3.54. The van der Waals surface area contributed by atoms with Crippen molar-refractivity contribution in [1.29, 1.82) is 0 Å². The van der Waals surface area contributed by atoms with Crippen molar-refractivity contribution in [2.75, 3.05) is 5.73 Å². The predicted molar refractivity (Wildman–Crippen MR) is 82.4 cm³/mol. The third-order valence-corrected chi connectivity index (χ3v) is 5.64. The van der Waals surface area contributed by atoms with Crippen LogP contribution in [-0.2, 0) is 10.0 Å². The van der Waals surface area contributed by atoms with Gasteiger partial charge in [0, 0.05) is 16.2 Å². The molecule has 0 bridgehead atoms. The van der Waals surface area contributed by atoms with Crippen molar-refractivity contribution in [3.05, 3.63) is 22.7 Å². The Balaban J connectivity index is 2.89. The first-order chi connectivity index (χ1) is 8.76. The van der Waals surface area contributed by atoms with E-state index in [1.54, 1.807) is 12.1 Å². The third-order valence-electron chi connectivity index (χ3n) is 3.05. The van der Waals surface area contributed by atoms with Crippen LogP contribution in [0.25, 0.3) is 0 Å². The molecular formula is C13H21BrN2O2S. The van der Waals surface area contributed by atoms with Crippen molar-refractivity contribution in [3.63, 3.8) is 0 Å². The lowest BCUT2D eigenvalue weighted by Gasteiger charge is -2.18. The van der Waals surface area contributed by atoms with Gasteiger partial charge in [0.2, 0.25) is 10.0 Å². The molecule has 1 aromatic carbocycles. The smallest absolute Gasteiger partial charge is 0.242 e. The molecule has 19 heavy (non-hydrogen) atoms. The summed E-state index contributed by atoms with van der Waals surface area (Å²) in [5.41, 5.74) is 6.07. The normalized spacial score (nSPS) is 15.2. The number of benzene rings is 1. The Hall–Kier alpha value is -0.590. The Morgan fingerprint density at radius 2 is 2.00 bits per heavy atom. The molecule has 1 aromatic rings. The van der Waals surface area contributed by atoms with Crippen molar-refractivity contribution in [2.45, 2.75) is 44.6 Å². The number of anilines is 1. The minimum Gasteiger partial charge on any atom is -0.399 e. The summed E-state index contributed by atoms with van der Waals surface area (Å²) in [6.07, 6.45) is 1.85. The summed E-state index contributed by atoms with van der Waals surface area (Å²) in [5.74, 6) is 0.488. The van der Waals surface area contributed by atoms with E-state index in [1.165, 1.54) is 6.07 Å². The highest BCUT2D eigenvalue weighted by Crippen LogP contribution is 2.24. The fourth-order valence-corrected chi connectivity index (χ4v) is 4.13. The van der Waals surface area contributed by atoms with Crippen molar-refractivity contribution in [1.82, 2.24) is 4.72 Å². The van der Waals surface area contributed by atoms with Crippen LogP contribution in [0, 0.1) is 5.92 Å². The molecule has 0 radical (unpaired) electrons. The molecule has 0 aliphatic rings. The zero-order chi connectivity index (χ0) is 14.6. The maximum absolute atomic E-state index is 12.3. The van der Waals surface area contributed by atoms with Crippen LogP contribution in [0.5, 0.6) is 0 Å². The van der Waals surface area contributed by atoms with Crippen LogP contribution in [0.4, 0.5) is 5.69 Å². The van der Waals surface area contributed by atoms with E-state index in [1.807, 2.05) is 6.92 Å². The highest BCUT2D eigenvalue weighted by molar-refractivity contribution is 9.10. The highest BCUT2D eigenvalue weighted by atomic mass is 79.9. The van der Waals surface area contributed by atoms with Crippen molar-refractivity contribution in [3.8, 4) is 0 Å². The summed E-state index contributed by atoms with van der Waals surface area (Å²) in [4.78, 5) is 0.184. The Labute approximate surface area is 124 Å². The van der Waals surface area contributed by atoms with Crippen LogP contribution in [0.3, 0.4) is 0 Å². The second kappa shape index (κ2) is 6.72. The number of nitrogens with two attached hydrogens (primary N) is 1. The Morgan fingerprint density at radius 3 is 2.58 bits per heavy atom. The van der Waals surface area contributed by atoms with Crippen LogP contribution in [0.1, 0.15) is 33.6 Å². The minimum absolute atomic E-state index is 0.103. The van der Waals surface area contributed by atoms with Gasteiger partial charge < -0.3 is 5.73 Å². The second-order valence-electron chi connectivity index (χ2n) is 4.96. The highest BCUT2D eigenvalue weighted by Gasteiger charge is 2.21. The van der Waals surface area contributed by atoms with Crippen molar-refractivity contribution in [2.24, 2.45) is 5.92 Å². The average Bonchev–Trinajstić information content (AvgIpc) is 2.31. The summed E-state index contributed by atoms with van der Waals surface area (Å²) in [7, 11) is -3.54. The number of sulfonamides is 1. The molecule has 0 aliphatic carbocycles. The average molecular weight is 349 g/mol. The summed E-state index contributed by atoms with van der Waals surface area (Å²) in [6.45, 7) is 6.09. The van der Waals surface area contributed by atoms with Crippen LogP contribution in [-0.4, -0.2) is 14.5 Å². The zero-order valence-electron chi connectivity index (χ0n) is 11.5. The number of rotatable bonds is 6. The number of nitrogen functional groups attached to an aromatic ring is 1. The van der Waals surface area contributed by atoms with E-state index in [9.17, 15) is 8.42 Å². The van der Waals surface area contributed by atoms with Gasteiger partial charge in [-0.15, -0.1) is 0 Å². The molecule has 3 N–H and O–H groups in total. The number of hydrogen-bond donors (Lipinski definition) is 2. The third kappa shape index (κ3) is 4.78. The van der Waals surface area contributed by atoms with Gasteiger partial charge in [-0.1, -0.05) is 20.3 Å². The van der Waals surface area contributed by atoms with Crippen LogP contribution < -0.4 is 10.5 Å². The van der Waals surface area contributed by atoms with Crippen LogP contribution in [0.15, 0.2) is 27.6 Å². The quantitative estimate of drug-likeness (QED) is 0.775. The van der Waals surface area contributed by atoms with Gasteiger partial charge in [0.1, 0.15) is 0 Å². The number of halogens is 1. The first-order valence-corrected chi connectivity index (χ1v) is 8.61. The van der Waals surface area contributed by atoms with E-state index in [4.69, 9.17) is 5.73 Å². The molecule has 2 atom stereocenters. The van der Waals surface area contributed by atoms with Gasteiger partial charge in [-0.2, -0.15) is 0 Å². The summed E-state index contributed by atoms with van der Waals surface area (Å²) >= 11 is 3.25. The van der Waals surface area contributed by atoms with Gasteiger partial charge >= 0.3 is 0 Å². The number of nitrogens with one attached hydrogen (secondary N) is 1. The SMILES string of the molecule is CCC(C)CC(C)NS(=O)(=O)c1cc(N)ccc1Br. The lowest BCUT2D eigenvalue weighted by Crippen LogP contribution is -2.34. The van der Waals surface area contributed by atoms with Gasteiger partial charge in [-0.3, -0.25) is 0 Å².